The minimum absolute atomic E-state index is 0.225. The Balaban J connectivity index is 1.89. The Morgan fingerprint density at radius 2 is 1.68 bits per heavy atom. The normalized spacial score (nSPS) is 18.4. The van der Waals surface area contributed by atoms with E-state index in [4.69, 9.17) is 28.2 Å². The Morgan fingerprint density at radius 1 is 0.947 bits per heavy atom. The Labute approximate surface area is 122 Å². The van der Waals surface area contributed by atoms with Crippen molar-refractivity contribution in [3.8, 4) is 0 Å². The maximum Gasteiger partial charge on any atom is 0.0756 e. The summed E-state index contributed by atoms with van der Waals surface area (Å²) in [6.07, 6.45) is 2.00. The lowest BCUT2D eigenvalue weighted by Crippen LogP contribution is -1.96. The molecule has 19 heavy (non-hydrogen) atoms. The van der Waals surface area contributed by atoms with Gasteiger partial charge in [-0.2, -0.15) is 0 Å². The van der Waals surface area contributed by atoms with Crippen molar-refractivity contribution in [3.05, 3.63) is 69.7 Å². The molecular formula is C16H13Cl2N. The average Bonchev–Trinajstić information content (AvgIpc) is 2.89. The molecule has 0 aromatic heterocycles. The third-order valence-electron chi connectivity index (χ3n) is 3.41. The molecule has 96 valence electrons. The van der Waals surface area contributed by atoms with Crippen molar-refractivity contribution in [1.82, 2.24) is 0 Å². The van der Waals surface area contributed by atoms with Crippen molar-refractivity contribution in [3.63, 3.8) is 0 Å². The van der Waals surface area contributed by atoms with Crippen LogP contribution in [0.2, 0.25) is 10.0 Å². The van der Waals surface area contributed by atoms with Gasteiger partial charge in [0.1, 0.15) is 0 Å². The number of nitrogens with zero attached hydrogens (tertiary/aromatic N) is 1. The maximum atomic E-state index is 6.22. The predicted molar refractivity (Wildman–Crippen MR) is 81.4 cm³/mol. The molecule has 1 nitrogen and oxygen atoms in total. The van der Waals surface area contributed by atoms with Gasteiger partial charge in [-0.05, 0) is 36.6 Å². The molecule has 0 N–H and O–H groups in total. The van der Waals surface area contributed by atoms with Crippen LogP contribution in [-0.2, 0) is 0 Å². The third kappa shape index (κ3) is 2.68. The van der Waals surface area contributed by atoms with E-state index in [0.717, 1.165) is 34.2 Å². The fourth-order valence-corrected chi connectivity index (χ4v) is 2.79. The van der Waals surface area contributed by atoms with E-state index in [1.807, 2.05) is 48.5 Å². The number of hydrogen-bond donors (Lipinski definition) is 0. The van der Waals surface area contributed by atoms with Crippen LogP contribution in [0.25, 0.3) is 0 Å². The lowest BCUT2D eigenvalue weighted by molar-refractivity contribution is 0.723. The van der Waals surface area contributed by atoms with Crippen molar-refractivity contribution in [2.75, 3.05) is 0 Å². The Bertz CT molecular complexity index is 617. The highest BCUT2D eigenvalue weighted by Gasteiger charge is 2.21. The zero-order valence-electron chi connectivity index (χ0n) is 10.3. The van der Waals surface area contributed by atoms with Gasteiger partial charge >= 0.3 is 0 Å². The standard InChI is InChI=1S/C16H13Cl2N/c17-12-7-5-11(6-8-12)15-9-10-16(19-15)13-3-1-2-4-14(13)18/h1-8,15H,9-10H2. The summed E-state index contributed by atoms with van der Waals surface area (Å²) in [5.74, 6) is 0. The first-order valence-electron chi connectivity index (χ1n) is 6.31. The van der Waals surface area contributed by atoms with Gasteiger partial charge in [0.25, 0.3) is 0 Å². The van der Waals surface area contributed by atoms with Gasteiger partial charge in [0.05, 0.1) is 6.04 Å². The number of aliphatic imine (C=N–C) groups is 1. The SMILES string of the molecule is Clc1ccc(C2CCC(c3ccccc3Cl)=N2)cc1. The van der Waals surface area contributed by atoms with E-state index in [-0.39, 0.29) is 6.04 Å². The number of halogens is 2. The minimum atomic E-state index is 0.225. The summed E-state index contributed by atoms with van der Waals surface area (Å²) in [4.78, 5) is 4.81. The van der Waals surface area contributed by atoms with E-state index in [1.54, 1.807) is 0 Å². The van der Waals surface area contributed by atoms with Crippen LogP contribution >= 0.6 is 23.2 Å². The molecule has 0 radical (unpaired) electrons. The number of hydrogen-bond acceptors (Lipinski definition) is 1. The fraction of sp³-hybridized carbons (Fsp3) is 0.188. The van der Waals surface area contributed by atoms with Crippen LogP contribution in [0.5, 0.6) is 0 Å². The quantitative estimate of drug-likeness (QED) is 0.710. The van der Waals surface area contributed by atoms with Gasteiger partial charge in [-0.1, -0.05) is 53.5 Å². The first-order valence-corrected chi connectivity index (χ1v) is 7.06. The Hall–Kier alpha value is -1.31. The topological polar surface area (TPSA) is 12.4 Å². The van der Waals surface area contributed by atoms with Crippen LogP contribution in [0.1, 0.15) is 30.0 Å². The molecule has 2 aromatic rings. The molecular weight excluding hydrogens is 277 g/mol. The van der Waals surface area contributed by atoms with Crippen LogP contribution < -0.4 is 0 Å². The summed E-state index contributed by atoms with van der Waals surface area (Å²) in [6, 6.07) is 16.0. The summed E-state index contributed by atoms with van der Waals surface area (Å²) in [5, 5.41) is 1.54. The molecule has 0 saturated carbocycles. The monoisotopic (exact) mass is 289 g/mol. The first-order chi connectivity index (χ1) is 9.24. The molecule has 1 heterocycles. The summed E-state index contributed by atoms with van der Waals surface area (Å²) in [5.41, 5.74) is 3.37. The summed E-state index contributed by atoms with van der Waals surface area (Å²) < 4.78 is 0. The van der Waals surface area contributed by atoms with Crippen molar-refractivity contribution in [2.24, 2.45) is 4.99 Å². The molecule has 0 bridgehead atoms. The summed E-state index contributed by atoms with van der Waals surface area (Å²) in [6.45, 7) is 0. The molecule has 0 spiro atoms. The summed E-state index contributed by atoms with van der Waals surface area (Å²) >= 11 is 12.1. The van der Waals surface area contributed by atoms with Gasteiger partial charge in [0, 0.05) is 21.3 Å². The average molecular weight is 290 g/mol. The minimum Gasteiger partial charge on any atom is -0.281 e. The van der Waals surface area contributed by atoms with Crippen LogP contribution in [0.15, 0.2) is 53.5 Å². The van der Waals surface area contributed by atoms with Gasteiger partial charge in [-0.25, -0.2) is 0 Å². The molecule has 1 unspecified atom stereocenters. The lowest BCUT2D eigenvalue weighted by atomic mass is 10.0. The third-order valence-corrected chi connectivity index (χ3v) is 3.99. The number of rotatable bonds is 2. The van der Waals surface area contributed by atoms with E-state index in [1.165, 1.54) is 5.56 Å². The van der Waals surface area contributed by atoms with Gasteiger partial charge in [-0.3, -0.25) is 4.99 Å². The zero-order chi connectivity index (χ0) is 13.2. The molecule has 0 aliphatic carbocycles. The highest BCUT2D eigenvalue weighted by Crippen LogP contribution is 2.33. The highest BCUT2D eigenvalue weighted by molar-refractivity contribution is 6.34. The second kappa shape index (κ2) is 5.36. The second-order valence-corrected chi connectivity index (χ2v) is 5.51. The molecule has 3 heteroatoms. The van der Waals surface area contributed by atoms with Gasteiger partial charge in [0.15, 0.2) is 0 Å². The summed E-state index contributed by atoms with van der Waals surface area (Å²) in [7, 11) is 0. The Morgan fingerprint density at radius 3 is 2.42 bits per heavy atom. The Kier molecular flexibility index (Phi) is 3.58. The zero-order valence-corrected chi connectivity index (χ0v) is 11.8. The van der Waals surface area contributed by atoms with Gasteiger partial charge < -0.3 is 0 Å². The molecule has 1 atom stereocenters. The molecule has 0 fully saturated rings. The molecule has 1 aliphatic heterocycles. The molecule has 0 amide bonds. The largest absolute Gasteiger partial charge is 0.281 e. The van der Waals surface area contributed by atoms with Crippen molar-refractivity contribution in [2.45, 2.75) is 18.9 Å². The van der Waals surface area contributed by atoms with Crippen LogP contribution in [-0.4, -0.2) is 5.71 Å². The van der Waals surface area contributed by atoms with Crippen LogP contribution in [0.3, 0.4) is 0 Å². The molecule has 3 rings (SSSR count). The number of benzene rings is 2. The van der Waals surface area contributed by atoms with Crippen molar-refractivity contribution in [1.29, 1.82) is 0 Å². The fourth-order valence-electron chi connectivity index (χ4n) is 2.42. The molecule has 0 saturated heterocycles. The van der Waals surface area contributed by atoms with E-state index in [0.29, 0.717) is 0 Å². The van der Waals surface area contributed by atoms with E-state index in [9.17, 15) is 0 Å². The van der Waals surface area contributed by atoms with E-state index >= 15 is 0 Å². The van der Waals surface area contributed by atoms with Crippen LogP contribution in [0, 0.1) is 0 Å². The molecule has 2 aromatic carbocycles. The predicted octanol–water partition coefficient (Wildman–Crippen LogP) is 5.32. The highest BCUT2D eigenvalue weighted by atomic mass is 35.5. The maximum absolute atomic E-state index is 6.22. The van der Waals surface area contributed by atoms with Gasteiger partial charge in [0.2, 0.25) is 0 Å². The van der Waals surface area contributed by atoms with Crippen LogP contribution in [0.4, 0.5) is 0 Å². The van der Waals surface area contributed by atoms with Crippen molar-refractivity contribution < 1.29 is 0 Å². The van der Waals surface area contributed by atoms with Crippen molar-refractivity contribution >= 4 is 28.9 Å². The lowest BCUT2D eigenvalue weighted by Gasteiger charge is -2.06. The van der Waals surface area contributed by atoms with E-state index in [2.05, 4.69) is 0 Å². The second-order valence-electron chi connectivity index (χ2n) is 4.66. The smallest absolute Gasteiger partial charge is 0.0756 e. The molecule has 1 aliphatic rings. The first kappa shape index (κ1) is 12.7. The van der Waals surface area contributed by atoms with Gasteiger partial charge in [-0.15, -0.1) is 0 Å². The van der Waals surface area contributed by atoms with E-state index < -0.39 is 0 Å².